The summed E-state index contributed by atoms with van der Waals surface area (Å²) < 4.78 is 9.55. The van der Waals surface area contributed by atoms with Gasteiger partial charge in [0.25, 0.3) is 5.56 Å². The topological polar surface area (TPSA) is 48.5 Å². The Labute approximate surface area is 167 Å². The van der Waals surface area contributed by atoms with Crippen LogP contribution < -0.4 is 10.3 Å². The van der Waals surface area contributed by atoms with Gasteiger partial charge in [0.1, 0.15) is 17.9 Å². The van der Waals surface area contributed by atoms with Crippen LogP contribution in [0.1, 0.15) is 11.3 Å². The van der Waals surface area contributed by atoms with Crippen LogP contribution in [0.3, 0.4) is 0 Å². The molecule has 0 aliphatic rings. The first kappa shape index (κ1) is 17.3. The predicted molar refractivity (Wildman–Crippen MR) is 113 cm³/mol. The lowest BCUT2D eigenvalue weighted by atomic mass is 10.2. The van der Waals surface area contributed by atoms with E-state index in [4.69, 9.17) is 4.74 Å². The lowest BCUT2D eigenvalue weighted by molar-refractivity contribution is 0.306. The predicted octanol–water partition coefficient (Wildman–Crippen LogP) is 4.28. The van der Waals surface area contributed by atoms with E-state index in [9.17, 15) is 4.79 Å². The number of benzene rings is 2. The number of hydrogen-bond acceptors (Lipinski definition) is 3. The molecular formula is C24H19N3O2. The minimum Gasteiger partial charge on any atom is -0.489 e. The van der Waals surface area contributed by atoms with Crippen LogP contribution in [0, 0.1) is 0 Å². The molecule has 0 bridgehead atoms. The summed E-state index contributed by atoms with van der Waals surface area (Å²) in [6.45, 7) is 0.954. The van der Waals surface area contributed by atoms with Gasteiger partial charge in [-0.15, -0.1) is 0 Å². The quantitative estimate of drug-likeness (QED) is 0.457. The second-order valence-electron chi connectivity index (χ2n) is 6.95. The van der Waals surface area contributed by atoms with E-state index in [0.29, 0.717) is 18.7 Å². The molecule has 0 atom stereocenters. The van der Waals surface area contributed by atoms with Crippen molar-refractivity contribution in [1.82, 2.24) is 14.0 Å². The molecule has 5 heteroatoms. The molecule has 0 saturated carbocycles. The molecule has 5 nitrogen and oxygen atoms in total. The molecule has 0 aliphatic heterocycles. The molecule has 0 spiro atoms. The van der Waals surface area contributed by atoms with Crippen molar-refractivity contribution < 1.29 is 4.74 Å². The highest BCUT2D eigenvalue weighted by Gasteiger charge is 2.10. The molecule has 3 aromatic heterocycles. The summed E-state index contributed by atoms with van der Waals surface area (Å²) >= 11 is 0. The number of rotatable bonds is 5. The van der Waals surface area contributed by atoms with Crippen LogP contribution in [0.15, 0.2) is 96.2 Å². The number of aromatic nitrogens is 3. The highest BCUT2D eigenvalue weighted by molar-refractivity contribution is 5.87. The van der Waals surface area contributed by atoms with Gasteiger partial charge in [-0.3, -0.25) is 9.78 Å². The maximum atomic E-state index is 13.0. The molecule has 142 valence electrons. The lowest BCUT2D eigenvalue weighted by Gasteiger charge is -2.08. The fourth-order valence-corrected chi connectivity index (χ4v) is 3.51. The summed E-state index contributed by atoms with van der Waals surface area (Å²) in [5.74, 6) is 0.777. The van der Waals surface area contributed by atoms with Crippen molar-refractivity contribution in [3.8, 4) is 5.75 Å². The Hall–Kier alpha value is -3.86. The average Bonchev–Trinajstić information content (AvgIpc) is 3.14. The summed E-state index contributed by atoms with van der Waals surface area (Å²) in [6.07, 6.45) is 5.46. The first-order valence-electron chi connectivity index (χ1n) is 9.49. The summed E-state index contributed by atoms with van der Waals surface area (Å²) in [4.78, 5) is 17.3. The molecular weight excluding hydrogens is 362 g/mol. The SMILES string of the molecule is O=c1c2cc3ccc(OCc4ccccc4)cc3n2ccn1Cc1ccccn1. The highest BCUT2D eigenvalue weighted by Crippen LogP contribution is 2.24. The Balaban J connectivity index is 1.49. The van der Waals surface area contributed by atoms with Crippen molar-refractivity contribution in [2.45, 2.75) is 13.2 Å². The molecule has 0 N–H and O–H groups in total. The number of pyridine rings is 1. The van der Waals surface area contributed by atoms with E-state index in [0.717, 1.165) is 27.9 Å². The number of nitrogens with zero attached hydrogens (tertiary/aromatic N) is 3. The van der Waals surface area contributed by atoms with Crippen molar-refractivity contribution in [3.05, 3.63) is 113 Å². The van der Waals surface area contributed by atoms with Crippen molar-refractivity contribution in [1.29, 1.82) is 0 Å². The number of fused-ring (bicyclic) bond motifs is 3. The Morgan fingerprint density at radius 1 is 0.862 bits per heavy atom. The maximum absolute atomic E-state index is 13.0. The van der Waals surface area contributed by atoms with Crippen molar-refractivity contribution in [2.24, 2.45) is 0 Å². The summed E-state index contributed by atoms with van der Waals surface area (Å²) in [7, 11) is 0. The molecule has 5 aromatic rings. The van der Waals surface area contributed by atoms with Crippen LogP contribution in [0.5, 0.6) is 5.75 Å². The normalized spacial score (nSPS) is 11.2. The zero-order chi connectivity index (χ0) is 19.6. The fraction of sp³-hybridized carbons (Fsp3) is 0.0833. The Morgan fingerprint density at radius 2 is 1.72 bits per heavy atom. The summed E-state index contributed by atoms with van der Waals surface area (Å²) in [6, 6.07) is 23.6. The van der Waals surface area contributed by atoms with E-state index >= 15 is 0 Å². The molecule has 2 aromatic carbocycles. The van der Waals surface area contributed by atoms with Gasteiger partial charge in [0.15, 0.2) is 0 Å². The van der Waals surface area contributed by atoms with E-state index < -0.39 is 0 Å². The second kappa shape index (κ2) is 7.28. The minimum atomic E-state index is -0.0406. The second-order valence-corrected chi connectivity index (χ2v) is 6.95. The van der Waals surface area contributed by atoms with Gasteiger partial charge in [0, 0.05) is 30.0 Å². The highest BCUT2D eigenvalue weighted by atomic mass is 16.5. The van der Waals surface area contributed by atoms with Gasteiger partial charge in [-0.2, -0.15) is 0 Å². The monoisotopic (exact) mass is 381 g/mol. The first-order valence-corrected chi connectivity index (χ1v) is 9.49. The van der Waals surface area contributed by atoms with Crippen molar-refractivity contribution in [2.75, 3.05) is 0 Å². The smallest absolute Gasteiger partial charge is 0.275 e. The molecule has 0 unspecified atom stereocenters. The van der Waals surface area contributed by atoms with Crippen molar-refractivity contribution >= 4 is 16.4 Å². The number of hydrogen-bond donors (Lipinski definition) is 0. The minimum absolute atomic E-state index is 0.0406. The van der Waals surface area contributed by atoms with E-state index in [1.807, 2.05) is 83.4 Å². The Kier molecular flexibility index (Phi) is 4.33. The summed E-state index contributed by atoms with van der Waals surface area (Å²) in [5.41, 5.74) is 3.52. The van der Waals surface area contributed by atoms with Crippen LogP contribution in [0.2, 0.25) is 0 Å². The van der Waals surface area contributed by atoms with Gasteiger partial charge >= 0.3 is 0 Å². The molecule has 3 heterocycles. The zero-order valence-corrected chi connectivity index (χ0v) is 15.7. The molecule has 0 saturated heterocycles. The largest absolute Gasteiger partial charge is 0.489 e. The van der Waals surface area contributed by atoms with Gasteiger partial charge in [0.05, 0.1) is 17.8 Å². The zero-order valence-electron chi connectivity index (χ0n) is 15.7. The van der Waals surface area contributed by atoms with Crippen LogP contribution in [0.25, 0.3) is 16.4 Å². The van der Waals surface area contributed by atoms with Gasteiger partial charge in [0.2, 0.25) is 0 Å². The molecule has 0 fully saturated rings. The Bertz CT molecular complexity index is 1340. The molecule has 5 rings (SSSR count). The third kappa shape index (κ3) is 3.38. The Morgan fingerprint density at radius 3 is 2.55 bits per heavy atom. The van der Waals surface area contributed by atoms with Gasteiger partial charge in [-0.1, -0.05) is 36.4 Å². The first-order chi connectivity index (χ1) is 14.3. The third-order valence-electron chi connectivity index (χ3n) is 5.00. The van der Waals surface area contributed by atoms with Gasteiger partial charge in [-0.05, 0) is 35.9 Å². The molecule has 0 radical (unpaired) electrons. The van der Waals surface area contributed by atoms with Crippen molar-refractivity contribution in [3.63, 3.8) is 0 Å². The molecule has 29 heavy (non-hydrogen) atoms. The standard InChI is InChI=1S/C24H19N3O2/c28-24-23-14-19-9-10-21(29-17-18-6-2-1-3-7-18)15-22(19)27(23)13-12-26(24)16-20-8-4-5-11-25-20/h1-15H,16-17H2. The third-order valence-corrected chi connectivity index (χ3v) is 5.00. The van der Waals surface area contributed by atoms with Crippen LogP contribution in [-0.2, 0) is 13.2 Å². The van der Waals surface area contributed by atoms with Crippen LogP contribution in [0.4, 0.5) is 0 Å². The molecule has 0 aliphatic carbocycles. The van der Waals surface area contributed by atoms with Gasteiger partial charge < -0.3 is 13.7 Å². The fourth-order valence-electron chi connectivity index (χ4n) is 3.51. The number of ether oxygens (including phenoxy) is 1. The van der Waals surface area contributed by atoms with Crippen LogP contribution in [-0.4, -0.2) is 14.0 Å². The lowest BCUT2D eigenvalue weighted by Crippen LogP contribution is -2.21. The average molecular weight is 381 g/mol. The van der Waals surface area contributed by atoms with E-state index in [2.05, 4.69) is 4.98 Å². The van der Waals surface area contributed by atoms with Gasteiger partial charge in [-0.25, -0.2) is 0 Å². The maximum Gasteiger partial charge on any atom is 0.275 e. The van der Waals surface area contributed by atoms with E-state index in [1.165, 1.54) is 0 Å². The summed E-state index contributed by atoms with van der Waals surface area (Å²) in [5, 5.41) is 1.00. The van der Waals surface area contributed by atoms with E-state index in [-0.39, 0.29) is 5.56 Å². The molecule has 0 amide bonds. The van der Waals surface area contributed by atoms with E-state index in [1.54, 1.807) is 17.0 Å². The van der Waals surface area contributed by atoms with Crippen LogP contribution >= 0.6 is 0 Å².